The third-order valence-electron chi connectivity index (χ3n) is 7.39. The largest absolute Gasteiger partial charge is 0.465 e. The molecule has 0 saturated carbocycles. The van der Waals surface area contributed by atoms with Gasteiger partial charge in [-0.2, -0.15) is 0 Å². The van der Waals surface area contributed by atoms with Gasteiger partial charge in [0.2, 0.25) is 0 Å². The molecule has 5 aromatic heterocycles. The normalized spacial score (nSPS) is 11.2. The highest BCUT2D eigenvalue weighted by molar-refractivity contribution is 5.96. The van der Waals surface area contributed by atoms with Gasteiger partial charge in [-0.15, -0.1) is 0 Å². The zero-order valence-corrected chi connectivity index (χ0v) is 24.6. The van der Waals surface area contributed by atoms with Crippen LogP contribution >= 0.6 is 0 Å². The molecular weight excluding hydrogens is 526 g/mol. The second kappa shape index (κ2) is 11.8. The molecule has 0 fully saturated rings. The van der Waals surface area contributed by atoms with Crippen LogP contribution in [0.1, 0.15) is 54.0 Å². The van der Waals surface area contributed by atoms with Gasteiger partial charge in [-0.05, 0) is 68.8 Å². The lowest BCUT2D eigenvalue weighted by Gasteiger charge is -2.31. The van der Waals surface area contributed by atoms with Gasteiger partial charge in [0.1, 0.15) is 11.3 Å². The number of pyridine rings is 3. The maximum atomic E-state index is 12.1. The Balaban J connectivity index is 0.00000173. The molecule has 42 heavy (non-hydrogen) atoms. The Hall–Kier alpha value is -5.11. The predicted molar refractivity (Wildman–Crippen MR) is 163 cm³/mol. The number of nitrogens with zero attached hydrogens (tertiary/aromatic N) is 5. The molecule has 6 rings (SSSR count). The Bertz CT molecular complexity index is 1770. The number of fused-ring (bicyclic) bond motifs is 1. The average Bonchev–Trinajstić information content (AvgIpc) is 3.61. The maximum absolute atomic E-state index is 12.1. The molecule has 8 nitrogen and oxygen atoms in total. The van der Waals surface area contributed by atoms with Gasteiger partial charge >= 0.3 is 5.97 Å². The minimum absolute atomic E-state index is 0.380. The number of carbonyl (C=O) groups excluding carboxylic acids is 1. The van der Waals surface area contributed by atoms with Crippen molar-refractivity contribution in [1.29, 1.82) is 0 Å². The molecule has 5 heterocycles. The summed E-state index contributed by atoms with van der Waals surface area (Å²) in [5.74, 6) is 0.349. The first kappa shape index (κ1) is 28.4. The summed E-state index contributed by atoms with van der Waals surface area (Å²) in [5.41, 5.74) is 7.52. The van der Waals surface area contributed by atoms with Crippen molar-refractivity contribution in [3.05, 3.63) is 120 Å². The van der Waals surface area contributed by atoms with Crippen LogP contribution in [0.4, 0.5) is 0 Å². The van der Waals surface area contributed by atoms with Crippen LogP contribution in [-0.4, -0.2) is 37.8 Å². The molecule has 212 valence electrons. The molecule has 0 atom stereocenters. The third kappa shape index (κ3) is 4.85. The van der Waals surface area contributed by atoms with Gasteiger partial charge in [0.05, 0.1) is 40.8 Å². The quantitative estimate of drug-likeness (QED) is 0.196. The lowest BCUT2D eigenvalue weighted by molar-refractivity contribution is 0.0600. The number of aryl methyl sites for hydroxylation is 2. The molecule has 0 unspecified atom stereocenters. The minimum atomic E-state index is -0.774. The summed E-state index contributed by atoms with van der Waals surface area (Å²) in [5, 5.41) is 4.15. The van der Waals surface area contributed by atoms with Crippen LogP contribution < -0.4 is 0 Å². The minimum Gasteiger partial charge on any atom is -0.465 e. The summed E-state index contributed by atoms with van der Waals surface area (Å²) in [6.07, 6.45) is 7.53. The first-order chi connectivity index (χ1) is 20.4. The molecule has 0 aliphatic carbocycles. The van der Waals surface area contributed by atoms with E-state index in [-0.39, 0.29) is 5.97 Å². The number of ether oxygens (including phenoxy) is 1. The number of methoxy groups -OCH3 is 1. The Labute approximate surface area is 245 Å². The zero-order chi connectivity index (χ0) is 29.9. The predicted octanol–water partition coefficient (Wildman–Crippen LogP) is 7.39. The fraction of sp³-hybridized carbons (Fsp3) is 0.206. The van der Waals surface area contributed by atoms with Crippen molar-refractivity contribution >= 4 is 17.0 Å². The van der Waals surface area contributed by atoms with Crippen molar-refractivity contribution < 1.29 is 14.1 Å². The number of esters is 1. The van der Waals surface area contributed by atoms with Crippen molar-refractivity contribution in [1.82, 2.24) is 24.7 Å². The fourth-order valence-corrected chi connectivity index (χ4v) is 5.30. The molecule has 8 heteroatoms. The molecular formula is C34H33N5O3. The summed E-state index contributed by atoms with van der Waals surface area (Å²) >= 11 is 0. The van der Waals surface area contributed by atoms with Gasteiger partial charge in [-0.1, -0.05) is 43.3 Å². The maximum Gasteiger partial charge on any atom is 0.337 e. The van der Waals surface area contributed by atoms with E-state index in [0.29, 0.717) is 5.56 Å². The van der Waals surface area contributed by atoms with E-state index in [0.717, 1.165) is 56.1 Å². The van der Waals surface area contributed by atoms with Crippen molar-refractivity contribution in [2.45, 2.75) is 40.2 Å². The molecule has 1 aromatic carbocycles. The highest BCUT2D eigenvalue weighted by atomic mass is 16.5. The molecule has 0 radical (unpaired) electrons. The van der Waals surface area contributed by atoms with E-state index in [4.69, 9.17) is 24.2 Å². The highest BCUT2D eigenvalue weighted by Gasteiger charge is 2.36. The molecule has 0 amide bonds. The van der Waals surface area contributed by atoms with E-state index in [1.807, 2.05) is 82.4 Å². The van der Waals surface area contributed by atoms with Gasteiger partial charge < -0.3 is 13.8 Å². The van der Waals surface area contributed by atoms with Crippen molar-refractivity contribution in [2.75, 3.05) is 7.11 Å². The van der Waals surface area contributed by atoms with Crippen molar-refractivity contribution in [3.8, 4) is 22.3 Å². The Morgan fingerprint density at radius 3 is 2.05 bits per heavy atom. The topological polar surface area (TPSA) is 95.9 Å². The van der Waals surface area contributed by atoms with E-state index < -0.39 is 5.54 Å². The van der Waals surface area contributed by atoms with E-state index in [9.17, 15) is 4.79 Å². The van der Waals surface area contributed by atoms with Gasteiger partial charge in [0.15, 0.2) is 0 Å². The lowest BCUT2D eigenvalue weighted by Crippen LogP contribution is -2.34. The summed E-state index contributed by atoms with van der Waals surface area (Å²) in [6.45, 7) is 9.94. The third-order valence-corrected chi connectivity index (χ3v) is 7.39. The molecule has 0 N–H and O–H groups in total. The molecule has 0 aliphatic heterocycles. The highest BCUT2D eigenvalue weighted by Crippen LogP contribution is 2.40. The first-order valence-corrected chi connectivity index (χ1v) is 13.9. The monoisotopic (exact) mass is 559 g/mol. The summed E-state index contributed by atoms with van der Waals surface area (Å²) in [4.78, 5) is 26.6. The van der Waals surface area contributed by atoms with E-state index in [2.05, 4.69) is 28.9 Å². The average molecular weight is 560 g/mol. The number of aromatic nitrogens is 5. The van der Waals surface area contributed by atoms with E-state index in [1.165, 1.54) is 7.11 Å². The van der Waals surface area contributed by atoms with E-state index in [1.54, 1.807) is 24.5 Å². The standard InChI is InChI=1S/C32H27N5O3.C2H6/c1-20-29(21(2)40-36-20)24-17-26-30(35-18-24)25(22-11-13-23(14-12-22)31(38)39-4)19-37(26)32(3,27-9-5-7-15-33-27)28-10-6-8-16-34-28;1-2/h5-19H,1-4H3;1-2H3. The molecule has 0 spiro atoms. The number of benzene rings is 1. The van der Waals surface area contributed by atoms with Crippen LogP contribution in [0, 0.1) is 13.8 Å². The Kier molecular flexibility index (Phi) is 7.97. The van der Waals surface area contributed by atoms with Gasteiger partial charge in [-0.3, -0.25) is 15.0 Å². The van der Waals surface area contributed by atoms with Crippen LogP contribution in [0.3, 0.4) is 0 Å². The van der Waals surface area contributed by atoms with Crippen LogP contribution in [0.2, 0.25) is 0 Å². The first-order valence-electron chi connectivity index (χ1n) is 13.9. The van der Waals surface area contributed by atoms with Crippen molar-refractivity contribution in [2.24, 2.45) is 0 Å². The van der Waals surface area contributed by atoms with Crippen LogP contribution in [-0.2, 0) is 10.3 Å². The second-order valence-corrected chi connectivity index (χ2v) is 9.77. The van der Waals surface area contributed by atoms with Crippen LogP contribution in [0.15, 0.2) is 96.0 Å². The lowest BCUT2D eigenvalue weighted by atomic mass is 9.91. The molecule has 0 saturated heterocycles. The SMILES string of the molecule is CC.COC(=O)c1ccc(-c2cn(C(C)(c3ccccn3)c3ccccn3)c3cc(-c4c(C)noc4C)cnc23)cc1. The molecule has 6 aromatic rings. The number of carbonyl (C=O) groups is 1. The smallest absolute Gasteiger partial charge is 0.337 e. The number of hydrogen-bond donors (Lipinski definition) is 0. The Morgan fingerprint density at radius 1 is 0.881 bits per heavy atom. The Morgan fingerprint density at radius 2 is 1.52 bits per heavy atom. The molecule has 0 aliphatic rings. The molecule has 0 bridgehead atoms. The van der Waals surface area contributed by atoms with Gasteiger partial charge in [0.25, 0.3) is 0 Å². The van der Waals surface area contributed by atoms with Gasteiger partial charge in [0, 0.05) is 41.5 Å². The summed E-state index contributed by atoms with van der Waals surface area (Å²) in [7, 11) is 1.38. The van der Waals surface area contributed by atoms with E-state index >= 15 is 0 Å². The fourth-order valence-electron chi connectivity index (χ4n) is 5.30. The number of hydrogen-bond acceptors (Lipinski definition) is 7. The van der Waals surface area contributed by atoms with Crippen LogP contribution in [0.5, 0.6) is 0 Å². The number of rotatable bonds is 6. The summed E-state index contributed by atoms with van der Waals surface area (Å²) < 4.78 is 12.5. The van der Waals surface area contributed by atoms with Crippen LogP contribution in [0.25, 0.3) is 33.3 Å². The second-order valence-electron chi connectivity index (χ2n) is 9.77. The zero-order valence-electron chi connectivity index (χ0n) is 24.6. The van der Waals surface area contributed by atoms with Gasteiger partial charge in [-0.25, -0.2) is 4.79 Å². The van der Waals surface area contributed by atoms with Crippen molar-refractivity contribution in [3.63, 3.8) is 0 Å². The summed E-state index contributed by atoms with van der Waals surface area (Å²) in [6, 6.07) is 21.3.